The van der Waals surface area contributed by atoms with Crippen molar-refractivity contribution in [2.24, 2.45) is 0 Å². The Bertz CT molecular complexity index is 616. The highest BCUT2D eigenvalue weighted by molar-refractivity contribution is 5.92. The third-order valence-corrected chi connectivity index (χ3v) is 2.66. The summed E-state index contributed by atoms with van der Waals surface area (Å²) >= 11 is 0. The van der Waals surface area contributed by atoms with Crippen molar-refractivity contribution in [1.29, 1.82) is 0 Å². The van der Waals surface area contributed by atoms with Gasteiger partial charge in [0.05, 0.1) is 6.20 Å². The van der Waals surface area contributed by atoms with Crippen LogP contribution in [0.25, 0.3) is 0 Å². The van der Waals surface area contributed by atoms with Crippen molar-refractivity contribution in [3.05, 3.63) is 42.7 Å². The van der Waals surface area contributed by atoms with Gasteiger partial charge in [-0.3, -0.25) is 9.78 Å². The second kappa shape index (κ2) is 5.48. The monoisotopic (exact) mass is 272 g/mol. The van der Waals surface area contributed by atoms with Crippen LogP contribution in [0.3, 0.4) is 0 Å². The Morgan fingerprint density at radius 1 is 1.30 bits per heavy atom. The molecule has 0 atom stereocenters. The molecule has 0 unspecified atom stereocenters. The van der Waals surface area contributed by atoms with Crippen molar-refractivity contribution in [2.45, 2.75) is 0 Å². The average Bonchev–Trinajstić information content (AvgIpc) is 2.94. The summed E-state index contributed by atoms with van der Waals surface area (Å²) in [7, 11) is 0. The molecule has 2 heterocycles. The Kier molecular flexibility index (Phi) is 3.36. The SMILES string of the molecule is O=C(COc1cccnc1)Nc1ccc2c(c1)OCO2. The molecule has 0 spiro atoms. The first kappa shape index (κ1) is 12.3. The fourth-order valence-electron chi connectivity index (χ4n) is 1.75. The van der Waals surface area contributed by atoms with Gasteiger partial charge in [-0.05, 0) is 24.3 Å². The molecule has 3 rings (SSSR count). The first-order valence-electron chi connectivity index (χ1n) is 6.03. The summed E-state index contributed by atoms with van der Waals surface area (Å²) in [6.45, 7) is 0.122. The standard InChI is InChI=1S/C14H12N2O4/c17-14(8-18-11-2-1-5-15-7-11)16-10-3-4-12-13(6-10)20-9-19-12/h1-7H,8-9H2,(H,16,17). The van der Waals surface area contributed by atoms with E-state index >= 15 is 0 Å². The summed E-state index contributed by atoms with van der Waals surface area (Å²) in [6, 6.07) is 8.69. The van der Waals surface area contributed by atoms with Crippen molar-refractivity contribution >= 4 is 11.6 Å². The molecule has 0 bridgehead atoms. The number of fused-ring (bicyclic) bond motifs is 1. The molecule has 1 aromatic carbocycles. The van der Waals surface area contributed by atoms with E-state index in [1.807, 2.05) is 0 Å². The van der Waals surface area contributed by atoms with Crippen molar-refractivity contribution in [2.75, 3.05) is 18.7 Å². The Hall–Kier alpha value is -2.76. The molecule has 2 aromatic rings. The van der Waals surface area contributed by atoms with Crippen LogP contribution in [0.15, 0.2) is 42.7 Å². The number of pyridine rings is 1. The molecule has 0 fully saturated rings. The molecule has 1 aliphatic heterocycles. The van der Waals surface area contributed by atoms with E-state index in [4.69, 9.17) is 14.2 Å². The Morgan fingerprint density at radius 3 is 3.05 bits per heavy atom. The van der Waals surface area contributed by atoms with Gasteiger partial charge in [0, 0.05) is 18.0 Å². The number of nitrogens with zero attached hydrogens (tertiary/aromatic N) is 1. The van der Waals surface area contributed by atoms with Gasteiger partial charge >= 0.3 is 0 Å². The van der Waals surface area contributed by atoms with Gasteiger partial charge in [0.15, 0.2) is 18.1 Å². The molecule has 0 aliphatic carbocycles. The van der Waals surface area contributed by atoms with E-state index in [1.54, 1.807) is 42.7 Å². The molecular weight excluding hydrogens is 260 g/mol. The second-order valence-electron chi connectivity index (χ2n) is 4.09. The van der Waals surface area contributed by atoms with E-state index in [-0.39, 0.29) is 19.3 Å². The number of rotatable bonds is 4. The number of aromatic nitrogens is 1. The Morgan fingerprint density at radius 2 is 2.20 bits per heavy atom. The molecule has 1 amide bonds. The van der Waals surface area contributed by atoms with Crippen LogP contribution in [-0.4, -0.2) is 24.3 Å². The van der Waals surface area contributed by atoms with Gasteiger partial charge in [-0.15, -0.1) is 0 Å². The van der Waals surface area contributed by atoms with Gasteiger partial charge in [0.2, 0.25) is 6.79 Å². The maximum atomic E-state index is 11.8. The quantitative estimate of drug-likeness (QED) is 0.919. The summed E-state index contributed by atoms with van der Waals surface area (Å²) in [6.07, 6.45) is 3.19. The summed E-state index contributed by atoms with van der Waals surface area (Å²) < 4.78 is 15.7. The summed E-state index contributed by atoms with van der Waals surface area (Å²) in [5, 5.41) is 2.72. The van der Waals surface area contributed by atoms with Gasteiger partial charge in [-0.25, -0.2) is 0 Å². The third-order valence-electron chi connectivity index (χ3n) is 2.66. The molecule has 0 saturated heterocycles. The third kappa shape index (κ3) is 2.80. The van der Waals surface area contributed by atoms with E-state index in [2.05, 4.69) is 10.3 Å². The van der Waals surface area contributed by atoms with Crippen LogP contribution >= 0.6 is 0 Å². The van der Waals surface area contributed by atoms with Gasteiger partial charge in [-0.1, -0.05) is 0 Å². The minimum Gasteiger partial charge on any atom is -0.482 e. The lowest BCUT2D eigenvalue weighted by Crippen LogP contribution is -2.20. The van der Waals surface area contributed by atoms with E-state index in [0.29, 0.717) is 22.9 Å². The molecule has 6 nitrogen and oxygen atoms in total. The van der Waals surface area contributed by atoms with E-state index in [0.717, 1.165) is 0 Å². The van der Waals surface area contributed by atoms with Gasteiger partial charge in [-0.2, -0.15) is 0 Å². The summed E-state index contributed by atoms with van der Waals surface area (Å²) in [4.78, 5) is 15.7. The molecule has 0 saturated carbocycles. The lowest BCUT2D eigenvalue weighted by atomic mass is 10.3. The topological polar surface area (TPSA) is 69.7 Å². The molecule has 102 valence electrons. The molecule has 20 heavy (non-hydrogen) atoms. The second-order valence-corrected chi connectivity index (χ2v) is 4.09. The molecular formula is C14H12N2O4. The highest BCUT2D eigenvalue weighted by atomic mass is 16.7. The number of carbonyl (C=O) groups excluding carboxylic acids is 1. The number of anilines is 1. The van der Waals surface area contributed by atoms with E-state index < -0.39 is 0 Å². The van der Waals surface area contributed by atoms with Crippen LogP contribution in [0.2, 0.25) is 0 Å². The molecule has 1 aliphatic rings. The summed E-state index contributed by atoms with van der Waals surface area (Å²) in [5.74, 6) is 1.59. The largest absolute Gasteiger partial charge is 0.482 e. The highest BCUT2D eigenvalue weighted by Crippen LogP contribution is 2.34. The van der Waals surface area contributed by atoms with Crippen LogP contribution in [0.1, 0.15) is 0 Å². The first-order chi connectivity index (χ1) is 9.81. The molecule has 1 aromatic heterocycles. The van der Waals surface area contributed by atoms with Gasteiger partial charge < -0.3 is 19.5 Å². The van der Waals surface area contributed by atoms with Crippen LogP contribution in [0.4, 0.5) is 5.69 Å². The maximum absolute atomic E-state index is 11.8. The van der Waals surface area contributed by atoms with Gasteiger partial charge in [0.1, 0.15) is 5.75 Å². The van der Waals surface area contributed by atoms with Crippen LogP contribution in [0, 0.1) is 0 Å². The normalized spacial score (nSPS) is 12.0. The number of carbonyl (C=O) groups is 1. The minimum atomic E-state index is -0.257. The number of amides is 1. The van der Waals surface area contributed by atoms with Crippen LogP contribution in [-0.2, 0) is 4.79 Å². The zero-order valence-corrected chi connectivity index (χ0v) is 10.5. The fourth-order valence-corrected chi connectivity index (χ4v) is 1.75. The predicted molar refractivity (Wildman–Crippen MR) is 70.9 cm³/mol. The lowest BCUT2D eigenvalue weighted by Gasteiger charge is -2.07. The molecule has 6 heteroatoms. The highest BCUT2D eigenvalue weighted by Gasteiger charge is 2.14. The number of nitrogens with one attached hydrogen (secondary N) is 1. The van der Waals surface area contributed by atoms with Crippen molar-refractivity contribution in [1.82, 2.24) is 4.98 Å². The average molecular weight is 272 g/mol. The lowest BCUT2D eigenvalue weighted by molar-refractivity contribution is -0.118. The van der Waals surface area contributed by atoms with Crippen LogP contribution < -0.4 is 19.5 Å². The van der Waals surface area contributed by atoms with Crippen molar-refractivity contribution in [3.8, 4) is 17.2 Å². The molecule has 1 N–H and O–H groups in total. The number of benzene rings is 1. The van der Waals surface area contributed by atoms with Crippen molar-refractivity contribution < 1.29 is 19.0 Å². The Balaban J connectivity index is 1.56. The van der Waals surface area contributed by atoms with Crippen LogP contribution in [0.5, 0.6) is 17.2 Å². The van der Waals surface area contributed by atoms with E-state index in [1.165, 1.54) is 0 Å². The number of hydrogen-bond donors (Lipinski definition) is 1. The van der Waals surface area contributed by atoms with E-state index in [9.17, 15) is 4.79 Å². The summed E-state index contributed by atoms with van der Waals surface area (Å²) in [5.41, 5.74) is 0.633. The van der Waals surface area contributed by atoms with Gasteiger partial charge in [0.25, 0.3) is 5.91 Å². The Labute approximate surface area is 115 Å². The molecule has 0 radical (unpaired) electrons. The van der Waals surface area contributed by atoms with Crippen molar-refractivity contribution in [3.63, 3.8) is 0 Å². The number of ether oxygens (including phenoxy) is 3. The zero-order valence-electron chi connectivity index (χ0n) is 10.5. The first-order valence-corrected chi connectivity index (χ1v) is 6.03. The minimum absolute atomic E-state index is 0.0832. The maximum Gasteiger partial charge on any atom is 0.262 e. The smallest absolute Gasteiger partial charge is 0.262 e. The zero-order chi connectivity index (χ0) is 13.8. The number of hydrogen-bond acceptors (Lipinski definition) is 5. The predicted octanol–water partition coefficient (Wildman–Crippen LogP) is 1.83. The fraction of sp³-hybridized carbons (Fsp3) is 0.143.